The molecule has 2 aliphatic rings. The summed E-state index contributed by atoms with van der Waals surface area (Å²) in [5.74, 6) is -0.348. The third kappa shape index (κ3) is 3.52. The van der Waals surface area contributed by atoms with Crippen molar-refractivity contribution < 1.29 is 19.4 Å². The van der Waals surface area contributed by atoms with E-state index >= 15 is 0 Å². The molecule has 0 bridgehead atoms. The van der Waals surface area contributed by atoms with Gasteiger partial charge in [0, 0.05) is 12.1 Å². The molecule has 1 fully saturated rings. The van der Waals surface area contributed by atoms with Crippen molar-refractivity contribution in [2.45, 2.75) is 57.7 Å². The van der Waals surface area contributed by atoms with Crippen molar-refractivity contribution in [3.05, 3.63) is 63.9 Å². The molecule has 4 rings (SSSR count). The van der Waals surface area contributed by atoms with Gasteiger partial charge < -0.3 is 14.6 Å². The highest BCUT2D eigenvalue weighted by atomic mass is 35.5. The molecular formula is C25H27ClO4. The normalized spacial score (nSPS) is 23.9. The second kappa shape index (κ2) is 8.09. The Kier molecular flexibility index (Phi) is 5.65. The van der Waals surface area contributed by atoms with E-state index in [1.54, 1.807) is 7.11 Å². The Balaban J connectivity index is 1.77. The molecule has 2 aromatic carbocycles. The minimum absolute atomic E-state index is 0.0825. The van der Waals surface area contributed by atoms with E-state index in [0.717, 1.165) is 47.1 Å². The molecule has 2 aromatic rings. The van der Waals surface area contributed by atoms with Crippen LogP contribution in [0.15, 0.2) is 42.2 Å². The Morgan fingerprint density at radius 3 is 2.43 bits per heavy atom. The quantitative estimate of drug-likeness (QED) is 0.606. The van der Waals surface area contributed by atoms with Gasteiger partial charge in [-0.15, -0.1) is 0 Å². The molecule has 1 saturated carbocycles. The van der Waals surface area contributed by atoms with Gasteiger partial charge in [-0.2, -0.15) is 0 Å². The van der Waals surface area contributed by atoms with Crippen LogP contribution in [-0.4, -0.2) is 29.9 Å². The predicted molar refractivity (Wildman–Crippen MR) is 119 cm³/mol. The van der Waals surface area contributed by atoms with Crippen LogP contribution >= 0.6 is 11.6 Å². The summed E-state index contributed by atoms with van der Waals surface area (Å²) in [6, 6.07) is 11.9. The number of ether oxygens (including phenoxy) is 2. The lowest BCUT2D eigenvalue weighted by atomic mass is 9.80. The van der Waals surface area contributed by atoms with Crippen molar-refractivity contribution in [2.75, 3.05) is 7.11 Å². The first-order valence-electron chi connectivity index (χ1n) is 10.5. The molecular weight excluding hydrogens is 400 g/mol. The summed E-state index contributed by atoms with van der Waals surface area (Å²) in [6.45, 7) is 4.04. The first-order valence-corrected chi connectivity index (χ1v) is 10.9. The summed E-state index contributed by atoms with van der Waals surface area (Å²) < 4.78 is 11.3. The lowest BCUT2D eigenvalue weighted by Crippen LogP contribution is -2.38. The van der Waals surface area contributed by atoms with Crippen LogP contribution in [0.3, 0.4) is 0 Å². The van der Waals surface area contributed by atoms with Crippen molar-refractivity contribution in [3.63, 3.8) is 0 Å². The minimum atomic E-state index is -0.909. The fraction of sp³-hybridized carbons (Fsp3) is 0.400. The van der Waals surface area contributed by atoms with Crippen molar-refractivity contribution in [2.24, 2.45) is 0 Å². The number of aliphatic hydroxyl groups excluding tert-OH is 1. The number of esters is 1. The van der Waals surface area contributed by atoms with Gasteiger partial charge in [-0.1, -0.05) is 42.8 Å². The summed E-state index contributed by atoms with van der Waals surface area (Å²) in [7, 11) is 1.70. The maximum Gasteiger partial charge on any atom is 0.343 e. The molecule has 0 saturated heterocycles. The lowest BCUT2D eigenvalue weighted by Gasteiger charge is -2.35. The Hall–Kier alpha value is -2.30. The van der Waals surface area contributed by atoms with Crippen molar-refractivity contribution >= 4 is 23.1 Å². The first kappa shape index (κ1) is 21.0. The largest absolute Gasteiger partial charge is 0.507 e. The average molecular weight is 427 g/mol. The molecule has 0 aromatic heterocycles. The van der Waals surface area contributed by atoms with E-state index in [9.17, 15) is 9.90 Å². The maximum atomic E-state index is 12.9. The Morgan fingerprint density at radius 1 is 1.17 bits per heavy atom. The molecule has 1 heterocycles. The fourth-order valence-electron chi connectivity index (χ4n) is 4.76. The van der Waals surface area contributed by atoms with Crippen molar-refractivity contribution in [1.29, 1.82) is 0 Å². The highest BCUT2D eigenvalue weighted by Gasteiger charge is 2.51. The second-order valence-electron chi connectivity index (χ2n) is 8.23. The van der Waals surface area contributed by atoms with E-state index in [1.807, 2.05) is 31.2 Å². The molecule has 0 unspecified atom stereocenters. The van der Waals surface area contributed by atoms with Gasteiger partial charge in [-0.05, 0) is 79.0 Å². The van der Waals surface area contributed by atoms with E-state index in [4.69, 9.17) is 21.1 Å². The molecule has 0 radical (unpaired) electrons. The summed E-state index contributed by atoms with van der Waals surface area (Å²) in [5, 5.41) is 11.9. The Labute approximate surface area is 182 Å². The number of rotatable bonds is 4. The van der Waals surface area contributed by atoms with Gasteiger partial charge in [0.05, 0.1) is 6.10 Å². The van der Waals surface area contributed by atoms with Crippen LogP contribution in [0.4, 0.5) is 0 Å². The van der Waals surface area contributed by atoms with Crippen LogP contribution < -0.4 is 0 Å². The number of aliphatic hydroxyl groups is 1. The van der Waals surface area contributed by atoms with E-state index in [-0.39, 0.29) is 11.9 Å². The second-order valence-corrected chi connectivity index (χ2v) is 8.67. The van der Waals surface area contributed by atoms with E-state index in [2.05, 4.69) is 19.1 Å². The molecule has 4 nitrogen and oxygen atoms in total. The number of hydrogen-bond donors (Lipinski definition) is 1. The van der Waals surface area contributed by atoms with Gasteiger partial charge in [0.15, 0.2) is 11.4 Å². The first-order chi connectivity index (χ1) is 14.4. The number of benzene rings is 2. The molecule has 0 atom stereocenters. The number of aryl methyl sites for hydroxylation is 2. The summed E-state index contributed by atoms with van der Waals surface area (Å²) in [5.41, 5.74) is 4.29. The molecule has 1 aliphatic carbocycles. The zero-order valence-electron chi connectivity index (χ0n) is 17.6. The van der Waals surface area contributed by atoms with Gasteiger partial charge >= 0.3 is 5.97 Å². The van der Waals surface area contributed by atoms with Crippen molar-refractivity contribution in [1.82, 2.24) is 0 Å². The minimum Gasteiger partial charge on any atom is -0.507 e. The van der Waals surface area contributed by atoms with Gasteiger partial charge in [0.1, 0.15) is 5.57 Å². The third-order valence-corrected chi connectivity index (χ3v) is 6.71. The van der Waals surface area contributed by atoms with Gasteiger partial charge in [0.25, 0.3) is 0 Å². The summed E-state index contributed by atoms with van der Waals surface area (Å²) >= 11 is 6.03. The predicted octanol–water partition coefficient (Wildman–Crippen LogP) is 6.03. The SMILES string of the molecule is CCc1cc(-c2ccc(Cl)cc2)cc(C)c1C1=C(O)C2(CCC(OC)CC2)OC1=O. The van der Waals surface area contributed by atoms with Crippen LogP contribution in [-0.2, 0) is 20.7 Å². The van der Waals surface area contributed by atoms with Crippen LogP contribution in [0.25, 0.3) is 16.7 Å². The van der Waals surface area contributed by atoms with E-state index in [0.29, 0.717) is 23.4 Å². The zero-order valence-corrected chi connectivity index (χ0v) is 18.4. The lowest BCUT2D eigenvalue weighted by molar-refractivity contribution is -0.151. The smallest absolute Gasteiger partial charge is 0.343 e. The Bertz CT molecular complexity index is 999. The average Bonchev–Trinajstić information content (AvgIpc) is 2.98. The van der Waals surface area contributed by atoms with Crippen LogP contribution in [0.1, 0.15) is 49.3 Å². The standard InChI is InChI=1S/C25H27ClO4/c1-4-16-14-18(17-5-7-19(26)8-6-17)13-15(2)21(16)22-23(27)25(30-24(22)28)11-9-20(29-3)10-12-25/h5-8,13-14,20,27H,4,9-12H2,1-3H3. The molecule has 30 heavy (non-hydrogen) atoms. The van der Waals surface area contributed by atoms with Crippen LogP contribution in [0.5, 0.6) is 0 Å². The van der Waals surface area contributed by atoms with Gasteiger partial charge in [0.2, 0.25) is 0 Å². The highest BCUT2D eigenvalue weighted by molar-refractivity contribution is 6.30. The number of carbonyl (C=O) groups excluding carboxylic acids is 1. The highest BCUT2D eigenvalue weighted by Crippen LogP contribution is 2.47. The van der Waals surface area contributed by atoms with E-state index < -0.39 is 11.6 Å². The van der Waals surface area contributed by atoms with E-state index in [1.165, 1.54) is 0 Å². The molecule has 1 aliphatic heterocycles. The van der Waals surface area contributed by atoms with Gasteiger partial charge in [-0.3, -0.25) is 0 Å². The van der Waals surface area contributed by atoms with Crippen LogP contribution in [0, 0.1) is 6.92 Å². The number of hydrogen-bond acceptors (Lipinski definition) is 4. The molecule has 1 spiro atoms. The monoisotopic (exact) mass is 426 g/mol. The summed E-state index contributed by atoms with van der Waals surface area (Å²) in [4.78, 5) is 12.9. The summed E-state index contributed by atoms with van der Waals surface area (Å²) in [6.07, 6.45) is 3.57. The molecule has 5 heteroatoms. The fourth-order valence-corrected chi connectivity index (χ4v) is 4.89. The number of carbonyl (C=O) groups is 1. The third-order valence-electron chi connectivity index (χ3n) is 6.46. The maximum absolute atomic E-state index is 12.9. The van der Waals surface area contributed by atoms with Crippen molar-refractivity contribution in [3.8, 4) is 11.1 Å². The Morgan fingerprint density at radius 2 is 1.83 bits per heavy atom. The topological polar surface area (TPSA) is 55.8 Å². The zero-order chi connectivity index (χ0) is 21.5. The number of halogens is 1. The molecule has 0 amide bonds. The number of methoxy groups -OCH3 is 1. The van der Waals surface area contributed by atoms with Crippen LogP contribution in [0.2, 0.25) is 5.02 Å². The molecule has 158 valence electrons. The van der Waals surface area contributed by atoms with Gasteiger partial charge in [-0.25, -0.2) is 4.79 Å². The molecule has 1 N–H and O–H groups in total.